The fourth-order valence-electron chi connectivity index (χ4n) is 1.05. The second-order valence-electron chi connectivity index (χ2n) is 3.05. The van der Waals surface area contributed by atoms with Crippen LogP contribution in [0, 0.1) is 17.7 Å². The monoisotopic (exact) mass is 342 g/mol. The maximum absolute atomic E-state index is 12.7. The van der Waals surface area contributed by atoms with Gasteiger partial charge in [0.15, 0.2) is 0 Å². The first-order valence-corrected chi connectivity index (χ1v) is 11.9. The molecule has 0 saturated carbocycles. The molecule has 0 atom stereocenters. The molecule has 1 aromatic carbocycles. The van der Waals surface area contributed by atoms with E-state index in [1.54, 1.807) is 0 Å². The number of ether oxygens (including phenoxy) is 1. The van der Waals surface area contributed by atoms with Crippen LogP contribution in [0.25, 0.3) is 0 Å². The SMILES string of the molecule is CCCCCOc1[c-]cc(F)c(F)c1.[Zn+][Br]. The molecule has 0 aliphatic heterocycles. The van der Waals surface area contributed by atoms with Crippen molar-refractivity contribution in [3.8, 4) is 5.75 Å². The summed E-state index contributed by atoms with van der Waals surface area (Å²) in [5.41, 5.74) is 0. The number of benzene rings is 1. The summed E-state index contributed by atoms with van der Waals surface area (Å²) in [7, 11) is 0. The minimum absolute atomic E-state index is 0.264. The standard InChI is InChI=1S/C11H13F2O.BrH.Zn/c1-2-3-4-7-14-9-5-6-10(12)11(13)8-9;;/h6,8H,2-4,7H2,1H3;1H;/q-1;;+2/p-1. The van der Waals surface area contributed by atoms with E-state index in [9.17, 15) is 8.78 Å². The van der Waals surface area contributed by atoms with E-state index < -0.39 is 11.6 Å². The van der Waals surface area contributed by atoms with Crippen LogP contribution >= 0.6 is 13.6 Å². The zero-order valence-corrected chi connectivity index (χ0v) is 13.8. The fourth-order valence-corrected chi connectivity index (χ4v) is 1.05. The van der Waals surface area contributed by atoms with Crippen molar-refractivity contribution in [1.29, 1.82) is 0 Å². The second-order valence-corrected chi connectivity index (χ2v) is 3.05. The second kappa shape index (κ2) is 10.2. The Morgan fingerprint density at radius 3 is 2.56 bits per heavy atom. The molecule has 0 bridgehead atoms. The van der Waals surface area contributed by atoms with Crippen LogP contribution in [0.1, 0.15) is 26.2 Å². The molecule has 1 aromatic rings. The van der Waals surface area contributed by atoms with Gasteiger partial charge in [-0.15, -0.1) is 12.1 Å². The van der Waals surface area contributed by atoms with E-state index in [0.29, 0.717) is 6.61 Å². The van der Waals surface area contributed by atoms with Crippen LogP contribution in [0.15, 0.2) is 12.1 Å². The van der Waals surface area contributed by atoms with Crippen LogP contribution in [-0.4, -0.2) is 6.61 Å². The van der Waals surface area contributed by atoms with Gasteiger partial charge in [0.2, 0.25) is 0 Å². The molecule has 1 nitrogen and oxygen atoms in total. The van der Waals surface area contributed by atoms with Crippen LogP contribution in [0.3, 0.4) is 0 Å². The number of rotatable bonds is 5. The molecule has 0 fully saturated rings. The number of halogens is 3. The van der Waals surface area contributed by atoms with Crippen LogP contribution in [0.5, 0.6) is 5.75 Å². The van der Waals surface area contributed by atoms with E-state index in [1.807, 2.05) is 0 Å². The number of hydrogen-bond acceptors (Lipinski definition) is 1. The molecule has 0 aromatic heterocycles. The molecule has 0 aliphatic carbocycles. The van der Waals surface area contributed by atoms with E-state index in [4.69, 9.17) is 4.74 Å². The number of hydrogen-bond donors (Lipinski definition) is 0. The Labute approximate surface area is 112 Å². The normalized spacial score (nSPS) is 9.38. The van der Waals surface area contributed by atoms with Crippen LogP contribution in [0.2, 0.25) is 0 Å². The van der Waals surface area contributed by atoms with Crippen molar-refractivity contribution >= 4 is 13.6 Å². The van der Waals surface area contributed by atoms with Crippen molar-refractivity contribution in [2.45, 2.75) is 26.2 Å². The molecule has 0 amide bonds. The van der Waals surface area contributed by atoms with Gasteiger partial charge in [0.1, 0.15) is 0 Å². The van der Waals surface area contributed by atoms with Crippen molar-refractivity contribution in [1.82, 2.24) is 0 Å². The van der Waals surface area contributed by atoms with E-state index in [1.165, 1.54) is 16.3 Å². The van der Waals surface area contributed by atoms with Crippen molar-refractivity contribution in [3.63, 3.8) is 0 Å². The first-order chi connectivity index (χ1) is 7.74. The predicted octanol–water partition coefficient (Wildman–Crippen LogP) is 4.18. The zero-order chi connectivity index (χ0) is 12.4. The van der Waals surface area contributed by atoms with E-state index >= 15 is 0 Å². The van der Waals surface area contributed by atoms with E-state index in [0.717, 1.165) is 31.4 Å². The maximum atomic E-state index is 12.7. The summed E-state index contributed by atoms with van der Waals surface area (Å²) >= 11 is 4.25. The Morgan fingerprint density at radius 1 is 1.31 bits per heavy atom. The summed E-state index contributed by atoms with van der Waals surface area (Å²) in [6, 6.07) is 4.48. The van der Waals surface area contributed by atoms with E-state index in [-0.39, 0.29) is 5.75 Å². The molecule has 0 spiro atoms. The molecular weight excluding hydrogens is 331 g/mol. The summed E-state index contributed by atoms with van der Waals surface area (Å²) in [5.74, 6) is -1.53. The van der Waals surface area contributed by atoms with Gasteiger partial charge in [0.05, 0.1) is 12.4 Å². The van der Waals surface area contributed by atoms with Crippen LogP contribution in [0.4, 0.5) is 8.78 Å². The molecule has 86 valence electrons. The van der Waals surface area contributed by atoms with Crippen molar-refractivity contribution in [2.24, 2.45) is 0 Å². The number of unbranched alkanes of at least 4 members (excludes halogenated alkanes) is 2. The van der Waals surface area contributed by atoms with Gasteiger partial charge in [-0.25, -0.2) is 4.39 Å². The third kappa shape index (κ3) is 6.54. The minimum atomic E-state index is -0.897. The van der Waals surface area contributed by atoms with Gasteiger partial charge < -0.3 is 4.74 Å². The fraction of sp³-hybridized carbons (Fsp3) is 0.455. The predicted molar refractivity (Wildman–Crippen MR) is 59.1 cm³/mol. The summed E-state index contributed by atoms with van der Waals surface area (Å²) < 4.78 is 30.3. The summed E-state index contributed by atoms with van der Waals surface area (Å²) in [5, 5.41) is 0. The van der Waals surface area contributed by atoms with Crippen molar-refractivity contribution < 1.29 is 29.9 Å². The van der Waals surface area contributed by atoms with Crippen molar-refractivity contribution in [3.05, 3.63) is 29.8 Å². The van der Waals surface area contributed by atoms with Gasteiger partial charge in [-0.05, 0) is 6.42 Å². The Kier molecular flexibility index (Phi) is 10.1. The van der Waals surface area contributed by atoms with Gasteiger partial charge >= 0.3 is 30.0 Å². The average Bonchev–Trinajstić information content (AvgIpc) is 2.32. The van der Waals surface area contributed by atoms with Gasteiger partial charge in [-0.1, -0.05) is 25.8 Å². The first-order valence-electron chi connectivity index (χ1n) is 5.00. The summed E-state index contributed by atoms with van der Waals surface area (Å²) in [6.07, 6.45) is 3.10. The van der Waals surface area contributed by atoms with Gasteiger partial charge in [-0.3, -0.25) is 4.39 Å². The van der Waals surface area contributed by atoms with Gasteiger partial charge in [0, 0.05) is 11.6 Å². The van der Waals surface area contributed by atoms with Gasteiger partial charge in [0.25, 0.3) is 0 Å². The van der Waals surface area contributed by atoms with Crippen LogP contribution < -0.4 is 4.74 Å². The average molecular weight is 345 g/mol. The molecule has 5 heteroatoms. The molecule has 0 radical (unpaired) electrons. The topological polar surface area (TPSA) is 9.23 Å². The molecule has 0 aliphatic rings. The molecule has 0 saturated heterocycles. The Balaban J connectivity index is 0.00000106. The molecule has 1 rings (SSSR count). The molecular formula is C11H13BrF2OZn. The molecule has 0 unspecified atom stereocenters. The summed E-state index contributed by atoms with van der Waals surface area (Å²) in [6.45, 7) is 2.61. The third-order valence-corrected chi connectivity index (χ3v) is 1.83. The molecule has 0 N–H and O–H groups in total. The Hall–Kier alpha value is -0.0166. The van der Waals surface area contributed by atoms with Crippen molar-refractivity contribution in [2.75, 3.05) is 6.61 Å². The Morgan fingerprint density at radius 2 is 2.00 bits per heavy atom. The third-order valence-electron chi connectivity index (χ3n) is 1.83. The van der Waals surface area contributed by atoms with Gasteiger partial charge in [-0.2, -0.15) is 0 Å². The van der Waals surface area contributed by atoms with E-state index in [2.05, 4.69) is 26.6 Å². The van der Waals surface area contributed by atoms with Crippen LogP contribution in [-0.2, 0) is 16.3 Å². The molecule has 0 heterocycles. The quantitative estimate of drug-likeness (QED) is 0.442. The summed E-state index contributed by atoms with van der Waals surface area (Å²) in [4.78, 5) is 0. The Bertz CT molecular complexity index is 297. The molecule has 16 heavy (non-hydrogen) atoms. The first kappa shape index (κ1) is 16.0. The zero-order valence-electron chi connectivity index (χ0n) is 9.23.